The molecule has 0 saturated heterocycles. The average molecular weight is 478 g/mol. The Kier molecular flexibility index (Phi) is 6.12. The smallest absolute Gasteiger partial charge is 0.257 e. The van der Waals surface area contributed by atoms with E-state index in [-0.39, 0.29) is 11.0 Å². The van der Waals surface area contributed by atoms with Crippen LogP contribution in [0.25, 0.3) is 33.7 Å². The van der Waals surface area contributed by atoms with Crippen LogP contribution in [0.1, 0.15) is 21.5 Å². The third kappa shape index (κ3) is 4.98. The lowest BCUT2D eigenvalue weighted by Crippen LogP contribution is -2.34. The van der Waals surface area contributed by atoms with Gasteiger partial charge in [-0.15, -0.1) is 0 Å². The fourth-order valence-corrected chi connectivity index (χ4v) is 4.03. The number of aryl methyl sites for hydroxylation is 2. The molecule has 0 aliphatic rings. The Balaban J connectivity index is 1.29. The second-order valence-electron chi connectivity index (χ2n) is 8.37. The van der Waals surface area contributed by atoms with Crippen molar-refractivity contribution < 1.29 is 9.21 Å². The summed E-state index contributed by atoms with van der Waals surface area (Å²) in [6.07, 6.45) is 0. The van der Waals surface area contributed by atoms with Gasteiger partial charge in [-0.25, -0.2) is 4.98 Å². The molecule has 5 nitrogen and oxygen atoms in total. The summed E-state index contributed by atoms with van der Waals surface area (Å²) in [5, 5.41) is 6.11. The Morgan fingerprint density at radius 2 is 1.54 bits per heavy atom. The van der Waals surface area contributed by atoms with Gasteiger partial charge >= 0.3 is 0 Å². The molecule has 6 heteroatoms. The van der Waals surface area contributed by atoms with Gasteiger partial charge in [0.2, 0.25) is 5.89 Å². The number of hydrogen-bond acceptors (Lipinski definition) is 4. The van der Waals surface area contributed by atoms with E-state index in [0.29, 0.717) is 11.5 Å². The van der Waals surface area contributed by atoms with Crippen LogP contribution in [0.3, 0.4) is 0 Å². The standard InChI is InChI=1S/C29H23N3O2S/c1-18-8-15-26-25(16-18)30-28(34-26)23-10-9-19(2)24(17-23)31-29(35)32-27(33)22-13-11-21(12-14-22)20-6-4-3-5-7-20/h3-17H,1-2H3,(H2,31,32,33,35). The quantitative estimate of drug-likeness (QED) is 0.276. The largest absolute Gasteiger partial charge is 0.436 e. The van der Waals surface area contributed by atoms with Crippen molar-refractivity contribution in [3.63, 3.8) is 0 Å². The van der Waals surface area contributed by atoms with Crippen LogP contribution in [0.2, 0.25) is 0 Å². The van der Waals surface area contributed by atoms with Gasteiger partial charge in [0.15, 0.2) is 10.7 Å². The first kappa shape index (κ1) is 22.5. The van der Waals surface area contributed by atoms with Crippen molar-refractivity contribution >= 4 is 40.0 Å². The molecule has 0 bridgehead atoms. The van der Waals surface area contributed by atoms with Crippen LogP contribution in [0, 0.1) is 13.8 Å². The maximum atomic E-state index is 12.7. The van der Waals surface area contributed by atoms with E-state index in [0.717, 1.165) is 44.6 Å². The lowest BCUT2D eigenvalue weighted by molar-refractivity contribution is 0.0977. The molecule has 0 radical (unpaired) electrons. The Morgan fingerprint density at radius 1 is 0.829 bits per heavy atom. The molecule has 35 heavy (non-hydrogen) atoms. The number of hydrogen-bond donors (Lipinski definition) is 2. The maximum absolute atomic E-state index is 12.7. The van der Waals surface area contributed by atoms with E-state index >= 15 is 0 Å². The second kappa shape index (κ2) is 9.52. The number of oxazole rings is 1. The van der Waals surface area contributed by atoms with Gasteiger partial charge in [-0.1, -0.05) is 54.6 Å². The predicted octanol–water partition coefficient (Wildman–Crippen LogP) is 6.91. The first-order valence-corrected chi connectivity index (χ1v) is 11.6. The summed E-state index contributed by atoms with van der Waals surface area (Å²) in [4.78, 5) is 17.3. The Bertz CT molecular complexity index is 1540. The van der Waals surface area contributed by atoms with E-state index in [2.05, 4.69) is 15.6 Å². The molecule has 0 aliphatic carbocycles. The second-order valence-corrected chi connectivity index (χ2v) is 8.78. The molecule has 1 amide bonds. The van der Waals surface area contributed by atoms with Gasteiger partial charge in [-0.2, -0.15) is 0 Å². The Labute approximate surface area is 208 Å². The highest BCUT2D eigenvalue weighted by Crippen LogP contribution is 2.28. The fourth-order valence-electron chi connectivity index (χ4n) is 3.82. The number of carbonyl (C=O) groups is 1. The van der Waals surface area contributed by atoms with Gasteiger partial charge < -0.3 is 9.73 Å². The maximum Gasteiger partial charge on any atom is 0.257 e. The van der Waals surface area contributed by atoms with Crippen molar-refractivity contribution in [3.05, 3.63) is 108 Å². The number of aromatic nitrogens is 1. The minimum Gasteiger partial charge on any atom is -0.436 e. The van der Waals surface area contributed by atoms with E-state index in [1.54, 1.807) is 12.1 Å². The summed E-state index contributed by atoms with van der Waals surface area (Å²) >= 11 is 5.42. The van der Waals surface area contributed by atoms with Gasteiger partial charge in [0.25, 0.3) is 5.91 Å². The predicted molar refractivity (Wildman–Crippen MR) is 144 cm³/mol. The van der Waals surface area contributed by atoms with Gasteiger partial charge in [-0.3, -0.25) is 10.1 Å². The SMILES string of the molecule is Cc1ccc2oc(-c3ccc(C)c(NC(=S)NC(=O)c4ccc(-c5ccccc5)cc4)c3)nc2c1. The number of nitrogens with zero attached hydrogens (tertiary/aromatic N) is 1. The average Bonchev–Trinajstić information content (AvgIpc) is 3.29. The highest BCUT2D eigenvalue weighted by molar-refractivity contribution is 7.80. The monoisotopic (exact) mass is 477 g/mol. The molecule has 1 heterocycles. The number of fused-ring (bicyclic) bond motifs is 1. The van der Waals surface area contributed by atoms with Gasteiger partial charge in [0.05, 0.1) is 0 Å². The summed E-state index contributed by atoms with van der Waals surface area (Å²) in [6, 6.07) is 29.2. The molecular weight excluding hydrogens is 454 g/mol. The van der Waals surface area contributed by atoms with Crippen molar-refractivity contribution in [3.8, 4) is 22.6 Å². The molecule has 2 N–H and O–H groups in total. The van der Waals surface area contributed by atoms with E-state index < -0.39 is 0 Å². The molecular formula is C29H23N3O2S. The number of benzene rings is 4. The number of nitrogens with one attached hydrogen (secondary N) is 2. The number of amides is 1. The van der Waals surface area contributed by atoms with E-state index in [9.17, 15) is 4.79 Å². The molecule has 0 atom stereocenters. The van der Waals surface area contributed by atoms with Crippen LogP contribution < -0.4 is 10.6 Å². The minimum atomic E-state index is -0.273. The van der Waals surface area contributed by atoms with Crippen molar-refractivity contribution in [2.45, 2.75) is 13.8 Å². The van der Waals surface area contributed by atoms with Crippen LogP contribution in [0.4, 0.5) is 5.69 Å². The molecule has 0 fully saturated rings. The van der Waals surface area contributed by atoms with Crippen LogP contribution in [-0.2, 0) is 0 Å². The summed E-state index contributed by atoms with van der Waals surface area (Å²) in [5.41, 5.74) is 7.91. The fraction of sp³-hybridized carbons (Fsp3) is 0.0690. The summed E-state index contributed by atoms with van der Waals surface area (Å²) < 4.78 is 5.93. The zero-order chi connectivity index (χ0) is 24.4. The first-order chi connectivity index (χ1) is 17.0. The molecule has 0 saturated carbocycles. The van der Waals surface area contributed by atoms with Gasteiger partial charge in [-0.05, 0) is 84.7 Å². The summed E-state index contributed by atoms with van der Waals surface area (Å²) in [5.74, 6) is 0.257. The molecule has 5 rings (SSSR count). The zero-order valence-electron chi connectivity index (χ0n) is 19.3. The highest BCUT2D eigenvalue weighted by atomic mass is 32.1. The number of carbonyl (C=O) groups excluding carboxylic acids is 1. The number of rotatable bonds is 4. The Hall–Kier alpha value is -4.29. The zero-order valence-corrected chi connectivity index (χ0v) is 20.1. The normalized spacial score (nSPS) is 10.8. The summed E-state index contributed by atoms with van der Waals surface area (Å²) in [6.45, 7) is 3.99. The van der Waals surface area contributed by atoms with Crippen molar-refractivity contribution in [2.75, 3.05) is 5.32 Å². The van der Waals surface area contributed by atoms with E-state index in [1.807, 2.05) is 92.7 Å². The lowest BCUT2D eigenvalue weighted by atomic mass is 10.0. The van der Waals surface area contributed by atoms with Crippen LogP contribution >= 0.6 is 12.2 Å². The summed E-state index contributed by atoms with van der Waals surface area (Å²) in [7, 11) is 0. The van der Waals surface area contributed by atoms with Gasteiger partial charge in [0.1, 0.15) is 5.52 Å². The van der Waals surface area contributed by atoms with E-state index in [1.165, 1.54) is 0 Å². The van der Waals surface area contributed by atoms with Crippen LogP contribution in [-0.4, -0.2) is 16.0 Å². The molecule has 4 aromatic carbocycles. The van der Waals surface area contributed by atoms with E-state index in [4.69, 9.17) is 16.6 Å². The first-order valence-electron chi connectivity index (χ1n) is 11.2. The van der Waals surface area contributed by atoms with Crippen molar-refractivity contribution in [2.24, 2.45) is 0 Å². The molecule has 5 aromatic rings. The molecule has 1 aromatic heterocycles. The third-order valence-electron chi connectivity index (χ3n) is 5.76. The number of anilines is 1. The highest BCUT2D eigenvalue weighted by Gasteiger charge is 2.13. The van der Waals surface area contributed by atoms with Crippen molar-refractivity contribution in [1.82, 2.24) is 10.3 Å². The minimum absolute atomic E-state index is 0.218. The van der Waals surface area contributed by atoms with Crippen LogP contribution in [0.15, 0.2) is 95.4 Å². The third-order valence-corrected chi connectivity index (χ3v) is 5.96. The van der Waals surface area contributed by atoms with Crippen LogP contribution in [0.5, 0.6) is 0 Å². The van der Waals surface area contributed by atoms with Gasteiger partial charge in [0, 0.05) is 16.8 Å². The van der Waals surface area contributed by atoms with Crippen molar-refractivity contribution in [1.29, 1.82) is 0 Å². The Morgan fingerprint density at radius 3 is 2.31 bits per heavy atom. The lowest BCUT2D eigenvalue weighted by Gasteiger charge is -2.13. The molecule has 0 unspecified atom stereocenters. The molecule has 0 aliphatic heterocycles. The molecule has 0 spiro atoms. The topological polar surface area (TPSA) is 67.2 Å². The molecule has 172 valence electrons. The number of thiocarbonyl (C=S) groups is 1.